The van der Waals surface area contributed by atoms with Gasteiger partial charge in [0.25, 0.3) is 0 Å². The lowest BCUT2D eigenvalue weighted by Crippen LogP contribution is -1.77. The molecule has 3 aromatic carbocycles. The standard InChI is InChI=1S/C18H13NS/c1-12-6-9-16-17(10-12)20-18(19-16)15-8-7-13-4-2-3-5-14(13)11-15/h2-11H,1H3. The van der Waals surface area contributed by atoms with Crippen molar-refractivity contribution in [1.29, 1.82) is 0 Å². The van der Waals surface area contributed by atoms with E-state index in [1.54, 1.807) is 11.3 Å². The van der Waals surface area contributed by atoms with Gasteiger partial charge in [0, 0.05) is 5.56 Å². The molecule has 1 aromatic heterocycles. The number of fused-ring (bicyclic) bond motifs is 2. The van der Waals surface area contributed by atoms with Gasteiger partial charge in [0.2, 0.25) is 0 Å². The normalized spacial score (nSPS) is 11.2. The maximum absolute atomic E-state index is 4.75. The number of hydrogen-bond acceptors (Lipinski definition) is 2. The van der Waals surface area contributed by atoms with Crippen LogP contribution in [0.3, 0.4) is 0 Å². The van der Waals surface area contributed by atoms with Crippen molar-refractivity contribution < 1.29 is 0 Å². The molecule has 20 heavy (non-hydrogen) atoms. The van der Waals surface area contributed by atoms with E-state index in [4.69, 9.17) is 4.98 Å². The smallest absolute Gasteiger partial charge is 0.124 e. The lowest BCUT2D eigenvalue weighted by atomic mass is 10.1. The van der Waals surface area contributed by atoms with Gasteiger partial charge in [0.15, 0.2) is 0 Å². The molecule has 0 aliphatic rings. The second kappa shape index (κ2) is 4.43. The molecule has 4 aromatic rings. The van der Waals surface area contributed by atoms with Crippen LogP contribution in [0.1, 0.15) is 5.56 Å². The van der Waals surface area contributed by atoms with Crippen LogP contribution >= 0.6 is 11.3 Å². The molecule has 1 heterocycles. The summed E-state index contributed by atoms with van der Waals surface area (Å²) in [6.07, 6.45) is 0. The Bertz CT molecular complexity index is 921. The molecule has 0 saturated carbocycles. The van der Waals surface area contributed by atoms with E-state index in [9.17, 15) is 0 Å². The summed E-state index contributed by atoms with van der Waals surface area (Å²) in [6.45, 7) is 2.12. The van der Waals surface area contributed by atoms with Crippen LogP contribution in [0.25, 0.3) is 31.6 Å². The van der Waals surface area contributed by atoms with Gasteiger partial charge in [-0.15, -0.1) is 11.3 Å². The molecule has 0 unspecified atom stereocenters. The lowest BCUT2D eigenvalue weighted by Gasteiger charge is -2.00. The van der Waals surface area contributed by atoms with Crippen LogP contribution in [0.4, 0.5) is 0 Å². The van der Waals surface area contributed by atoms with Crippen molar-refractivity contribution in [1.82, 2.24) is 4.98 Å². The fourth-order valence-electron chi connectivity index (χ4n) is 2.48. The minimum absolute atomic E-state index is 1.09. The second-order valence-electron chi connectivity index (χ2n) is 5.05. The SMILES string of the molecule is Cc1ccc2nc(-c3ccc4ccccc4c3)sc2c1. The average Bonchev–Trinajstić information content (AvgIpc) is 2.89. The molecule has 0 N–H and O–H groups in total. The fraction of sp³-hybridized carbons (Fsp3) is 0.0556. The molecule has 0 spiro atoms. The maximum Gasteiger partial charge on any atom is 0.124 e. The minimum Gasteiger partial charge on any atom is -0.236 e. The van der Waals surface area contributed by atoms with E-state index < -0.39 is 0 Å². The molecule has 0 aliphatic heterocycles. The Morgan fingerprint density at radius 3 is 2.60 bits per heavy atom. The van der Waals surface area contributed by atoms with Crippen molar-refractivity contribution in [3.05, 3.63) is 66.2 Å². The van der Waals surface area contributed by atoms with Gasteiger partial charge in [-0.1, -0.05) is 42.5 Å². The molecule has 4 rings (SSSR count). The van der Waals surface area contributed by atoms with E-state index in [1.165, 1.54) is 26.6 Å². The van der Waals surface area contributed by atoms with E-state index in [1.807, 2.05) is 0 Å². The second-order valence-corrected chi connectivity index (χ2v) is 6.08. The van der Waals surface area contributed by atoms with Crippen LogP contribution in [0.2, 0.25) is 0 Å². The Morgan fingerprint density at radius 2 is 1.70 bits per heavy atom. The summed E-state index contributed by atoms with van der Waals surface area (Å²) in [5.74, 6) is 0. The zero-order valence-corrected chi connectivity index (χ0v) is 11.9. The molecule has 1 nitrogen and oxygen atoms in total. The van der Waals surface area contributed by atoms with E-state index in [2.05, 4.69) is 67.6 Å². The van der Waals surface area contributed by atoms with Crippen molar-refractivity contribution in [2.45, 2.75) is 6.92 Å². The van der Waals surface area contributed by atoms with Crippen molar-refractivity contribution in [2.75, 3.05) is 0 Å². The summed E-state index contributed by atoms with van der Waals surface area (Å²) in [5, 5.41) is 3.63. The average molecular weight is 275 g/mol. The third-order valence-electron chi connectivity index (χ3n) is 3.54. The zero-order chi connectivity index (χ0) is 13.5. The van der Waals surface area contributed by atoms with Gasteiger partial charge in [-0.2, -0.15) is 0 Å². The summed E-state index contributed by atoms with van der Waals surface area (Å²) in [6, 6.07) is 21.4. The Hall–Kier alpha value is -2.19. The van der Waals surface area contributed by atoms with Gasteiger partial charge in [0.1, 0.15) is 5.01 Å². The van der Waals surface area contributed by atoms with E-state index in [0.717, 1.165) is 10.5 Å². The van der Waals surface area contributed by atoms with Gasteiger partial charge in [-0.05, 0) is 41.5 Å². The highest BCUT2D eigenvalue weighted by molar-refractivity contribution is 7.21. The number of benzene rings is 3. The highest BCUT2D eigenvalue weighted by Gasteiger charge is 2.07. The third-order valence-corrected chi connectivity index (χ3v) is 4.61. The van der Waals surface area contributed by atoms with E-state index in [-0.39, 0.29) is 0 Å². The molecule has 0 aliphatic carbocycles. The minimum atomic E-state index is 1.09. The van der Waals surface area contributed by atoms with Gasteiger partial charge in [-0.3, -0.25) is 0 Å². The van der Waals surface area contributed by atoms with Crippen LogP contribution < -0.4 is 0 Å². The lowest BCUT2D eigenvalue weighted by molar-refractivity contribution is 1.46. The van der Waals surface area contributed by atoms with Crippen molar-refractivity contribution in [3.63, 3.8) is 0 Å². The van der Waals surface area contributed by atoms with Gasteiger partial charge in [0.05, 0.1) is 10.2 Å². The molecular formula is C18H13NS. The monoisotopic (exact) mass is 275 g/mol. The number of aromatic nitrogens is 1. The molecule has 0 amide bonds. The van der Waals surface area contributed by atoms with Crippen molar-refractivity contribution >= 4 is 32.3 Å². The molecule has 0 fully saturated rings. The van der Waals surface area contributed by atoms with Crippen molar-refractivity contribution in [2.24, 2.45) is 0 Å². The van der Waals surface area contributed by atoms with Crippen LogP contribution in [0, 0.1) is 6.92 Å². The maximum atomic E-state index is 4.75. The Balaban J connectivity index is 1.91. The summed E-state index contributed by atoms with van der Waals surface area (Å²) in [7, 11) is 0. The number of rotatable bonds is 1. The number of thiazole rings is 1. The number of hydrogen-bond donors (Lipinski definition) is 0. The fourth-order valence-corrected chi connectivity index (χ4v) is 3.54. The summed E-state index contributed by atoms with van der Waals surface area (Å²) < 4.78 is 1.26. The third kappa shape index (κ3) is 1.89. The van der Waals surface area contributed by atoms with Gasteiger partial charge in [-0.25, -0.2) is 4.98 Å². The van der Waals surface area contributed by atoms with E-state index in [0.29, 0.717) is 0 Å². The molecule has 0 radical (unpaired) electrons. The molecule has 96 valence electrons. The molecule has 0 atom stereocenters. The largest absolute Gasteiger partial charge is 0.236 e. The van der Waals surface area contributed by atoms with Crippen LogP contribution in [0.5, 0.6) is 0 Å². The molecule has 0 bridgehead atoms. The van der Waals surface area contributed by atoms with Crippen LogP contribution in [-0.2, 0) is 0 Å². The summed E-state index contributed by atoms with van der Waals surface area (Å²) in [4.78, 5) is 4.75. The Kier molecular flexibility index (Phi) is 2.57. The van der Waals surface area contributed by atoms with Gasteiger partial charge < -0.3 is 0 Å². The number of nitrogens with zero attached hydrogens (tertiary/aromatic N) is 1. The predicted molar refractivity (Wildman–Crippen MR) is 87.3 cm³/mol. The molecular weight excluding hydrogens is 262 g/mol. The van der Waals surface area contributed by atoms with Crippen LogP contribution in [0.15, 0.2) is 60.7 Å². The highest BCUT2D eigenvalue weighted by atomic mass is 32.1. The highest BCUT2D eigenvalue weighted by Crippen LogP contribution is 2.32. The Labute approximate surface area is 121 Å². The quantitative estimate of drug-likeness (QED) is 0.451. The molecule has 2 heteroatoms. The first-order valence-electron chi connectivity index (χ1n) is 6.66. The van der Waals surface area contributed by atoms with E-state index >= 15 is 0 Å². The summed E-state index contributed by atoms with van der Waals surface area (Å²) >= 11 is 1.76. The van der Waals surface area contributed by atoms with Gasteiger partial charge >= 0.3 is 0 Å². The number of aryl methyl sites for hydroxylation is 1. The predicted octanol–water partition coefficient (Wildman–Crippen LogP) is 5.42. The Morgan fingerprint density at radius 1 is 0.850 bits per heavy atom. The first-order valence-corrected chi connectivity index (χ1v) is 7.48. The zero-order valence-electron chi connectivity index (χ0n) is 11.1. The summed E-state index contributed by atoms with van der Waals surface area (Å²) in [5.41, 5.74) is 3.57. The molecule has 0 saturated heterocycles. The topological polar surface area (TPSA) is 12.9 Å². The van der Waals surface area contributed by atoms with Crippen LogP contribution in [-0.4, -0.2) is 4.98 Å². The first kappa shape index (κ1) is 11.6. The van der Waals surface area contributed by atoms with Crippen molar-refractivity contribution in [3.8, 4) is 10.6 Å². The first-order chi connectivity index (χ1) is 9.79.